The van der Waals surface area contributed by atoms with Crippen molar-refractivity contribution in [2.24, 2.45) is 5.92 Å². The zero-order valence-electron chi connectivity index (χ0n) is 14.3. The van der Waals surface area contributed by atoms with E-state index in [0.717, 1.165) is 12.8 Å². The predicted molar refractivity (Wildman–Crippen MR) is 93.0 cm³/mol. The number of hydrogen-bond donors (Lipinski definition) is 1. The monoisotopic (exact) mass is 337 g/mol. The first-order valence-electron chi connectivity index (χ1n) is 8.42. The lowest BCUT2D eigenvalue weighted by Crippen LogP contribution is -2.44. The third-order valence-electron chi connectivity index (χ3n) is 4.07. The van der Waals surface area contributed by atoms with Crippen LogP contribution in [0.2, 0.25) is 0 Å². The Labute approximate surface area is 142 Å². The van der Waals surface area contributed by atoms with E-state index in [-0.39, 0.29) is 5.78 Å². The summed E-state index contributed by atoms with van der Waals surface area (Å²) in [6, 6.07) is 3.19. The number of Topliss-reactive ketones (excluding diaryl/α,β-unsaturated/α-hetero) is 1. The molecule has 1 heterocycles. The molecule has 0 saturated heterocycles. The smallest absolute Gasteiger partial charge is 0.408 e. The lowest BCUT2D eigenvalue weighted by Gasteiger charge is -2.27. The van der Waals surface area contributed by atoms with Crippen molar-refractivity contribution in [1.82, 2.24) is 5.32 Å². The van der Waals surface area contributed by atoms with Gasteiger partial charge in [-0.15, -0.1) is 11.3 Å². The van der Waals surface area contributed by atoms with Crippen LogP contribution >= 0.6 is 11.3 Å². The van der Waals surface area contributed by atoms with E-state index in [4.69, 9.17) is 4.74 Å². The van der Waals surface area contributed by atoms with Gasteiger partial charge in [0.25, 0.3) is 0 Å². The lowest BCUT2D eigenvalue weighted by molar-refractivity contribution is 0.0481. The molecule has 0 aliphatic heterocycles. The van der Waals surface area contributed by atoms with Crippen molar-refractivity contribution >= 4 is 23.2 Å². The second kappa shape index (κ2) is 7.95. The molecule has 128 valence electrons. The minimum atomic E-state index is -0.564. The average Bonchev–Trinajstić information content (AvgIpc) is 2.99. The Morgan fingerprint density at radius 3 is 2.57 bits per heavy atom. The number of carbonyl (C=O) groups excluding carboxylic acids is 2. The van der Waals surface area contributed by atoms with Crippen molar-refractivity contribution in [3.63, 3.8) is 0 Å². The van der Waals surface area contributed by atoms with Crippen molar-refractivity contribution in [1.29, 1.82) is 0 Å². The van der Waals surface area contributed by atoms with Gasteiger partial charge in [-0.1, -0.05) is 38.2 Å². The molecule has 2 rings (SSSR count). The molecule has 1 aromatic heterocycles. The number of alkyl carbamates (subject to hydrolysis) is 1. The van der Waals surface area contributed by atoms with E-state index in [1.165, 1.54) is 30.6 Å². The van der Waals surface area contributed by atoms with Gasteiger partial charge in [0.1, 0.15) is 5.60 Å². The molecular formula is C18H27NO3S. The number of ketones is 1. The van der Waals surface area contributed by atoms with Crippen LogP contribution in [0.15, 0.2) is 17.5 Å². The van der Waals surface area contributed by atoms with Gasteiger partial charge >= 0.3 is 6.09 Å². The predicted octanol–water partition coefficient (Wildman–Crippen LogP) is 4.79. The van der Waals surface area contributed by atoms with Crippen LogP contribution in [0.25, 0.3) is 0 Å². The first-order chi connectivity index (χ1) is 10.8. The van der Waals surface area contributed by atoms with Gasteiger partial charge in [-0.25, -0.2) is 4.79 Å². The summed E-state index contributed by atoms with van der Waals surface area (Å²) in [6.45, 7) is 5.47. The maximum Gasteiger partial charge on any atom is 0.408 e. The number of amides is 1. The molecule has 0 spiro atoms. The van der Waals surface area contributed by atoms with E-state index < -0.39 is 17.7 Å². The zero-order chi connectivity index (χ0) is 16.9. The average molecular weight is 337 g/mol. The van der Waals surface area contributed by atoms with Crippen LogP contribution in [0, 0.1) is 5.92 Å². The van der Waals surface area contributed by atoms with Gasteiger partial charge in [0.2, 0.25) is 0 Å². The quantitative estimate of drug-likeness (QED) is 0.786. The summed E-state index contributed by atoms with van der Waals surface area (Å²) >= 11 is 1.42. The lowest BCUT2D eigenvalue weighted by atomic mass is 9.84. The third kappa shape index (κ3) is 5.98. The van der Waals surface area contributed by atoms with Crippen molar-refractivity contribution in [3.8, 4) is 0 Å². The summed E-state index contributed by atoms with van der Waals surface area (Å²) in [5.41, 5.74) is -0.564. The summed E-state index contributed by atoms with van der Waals surface area (Å²) in [6.07, 6.45) is 6.20. The van der Waals surface area contributed by atoms with Gasteiger partial charge in [0.15, 0.2) is 5.78 Å². The van der Waals surface area contributed by atoms with E-state index >= 15 is 0 Å². The second-order valence-electron chi connectivity index (χ2n) is 7.28. The second-order valence-corrected chi connectivity index (χ2v) is 8.23. The largest absolute Gasteiger partial charge is 0.444 e. The first kappa shape index (κ1) is 18.0. The fraction of sp³-hybridized carbons (Fsp3) is 0.667. The van der Waals surface area contributed by atoms with Crippen LogP contribution in [0.3, 0.4) is 0 Å². The molecule has 5 heteroatoms. The Balaban J connectivity index is 2.04. The van der Waals surface area contributed by atoms with E-state index in [9.17, 15) is 9.59 Å². The highest BCUT2D eigenvalue weighted by Gasteiger charge is 2.29. The van der Waals surface area contributed by atoms with Crippen LogP contribution in [-0.4, -0.2) is 23.5 Å². The number of thiophene rings is 1. The maximum absolute atomic E-state index is 12.7. The zero-order valence-corrected chi connectivity index (χ0v) is 15.1. The summed E-state index contributed by atoms with van der Waals surface area (Å²) in [7, 11) is 0. The molecule has 1 atom stereocenters. The number of ether oxygens (including phenoxy) is 1. The fourth-order valence-corrected chi connectivity index (χ4v) is 3.75. The van der Waals surface area contributed by atoms with Crippen molar-refractivity contribution < 1.29 is 14.3 Å². The summed E-state index contributed by atoms with van der Waals surface area (Å²) in [4.78, 5) is 25.5. The summed E-state index contributed by atoms with van der Waals surface area (Å²) in [5.74, 6) is 0.504. The van der Waals surface area contributed by atoms with Crippen LogP contribution in [0.1, 0.15) is 69.0 Å². The Kier molecular flexibility index (Phi) is 6.22. The van der Waals surface area contributed by atoms with Crippen LogP contribution < -0.4 is 5.32 Å². The maximum atomic E-state index is 12.7. The highest BCUT2D eigenvalue weighted by molar-refractivity contribution is 7.12. The number of nitrogens with one attached hydrogen (secondary N) is 1. The Morgan fingerprint density at radius 2 is 2.00 bits per heavy atom. The fourth-order valence-electron chi connectivity index (χ4n) is 3.03. The Morgan fingerprint density at radius 1 is 1.30 bits per heavy atom. The van der Waals surface area contributed by atoms with Crippen molar-refractivity contribution in [2.45, 2.75) is 70.9 Å². The van der Waals surface area contributed by atoms with Crippen molar-refractivity contribution in [2.75, 3.05) is 0 Å². The molecule has 4 nitrogen and oxygen atoms in total. The molecule has 1 fully saturated rings. The highest BCUT2D eigenvalue weighted by atomic mass is 32.1. The molecule has 1 aliphatic carbocycles. The van der Waals surface area contributed by atoms with Crippen LogP contribution in [0.4, 0.5) is 4.79 Å². The first-order valence-corrected chi connectivity index (χ1v) is 9.30. The third-order valence-corrected chi connectivity index (χ3v) is 4.95. The molecule has 1 aliphatic rings. The van der Waals surface area contributed by atoms with Gasteiger partial charge in [-0.2, -0.15) is 0 Å². The molecule has 0 aromatic carbocycles. The molecule has 1 amide bonds. The van der Waals surface area contributed by atoms with Gasteiger partial charge in [0.05, 0.1) is 10.9 Å². The summed E-state index contributed by atoms with van der Waals surface area (Å²) < 4.78 is 5.33. The minimum Gasteiger partial charge on any atom is -0.444 e. The van der Waals surface area contributed by atoms with E-state index in [0.29, 0.717) is 17.2 Å². The molecular weight excluding hydrogens is 310 g/mol. The molecule has 1 N–H and O–H groups in total. The molecule has 1 aromatic rings. The van der Waals surface area contributed by atoms with E-state index in [2.05, 4.69) is 5.32 Å². The highest BCUT2D eigenvalue weighted by Crippen LogP contribution is 2.28. The van der Waals surface area contributed by atoms with Gasteiger partial charge < -0.3 is 10.1 Å². The van der Waals surface area contributed by atoms with Gasteiger partial charge in [-0.05, 0) is 44.6 Å². The topological polar surface area (TPSA) is 55.4 Å². The standard InChI is InChI=1S/C18H27NO3S/c1-18(2,3)22-17(21)19-14(12-13-8-5-4-6-9-13)16(20)15-10-7-11-23-15/h7,10-11,13-14H,4-6,8-9,12H2,1-3H3,(H,19,21). The Hall–Kier alpha value is -1.36. The van der Waals surface area contributed by atoms with E-state index in [1.54, 1.807) is 0 Å². The van der Waals surface area contributed by atoms with Gasteiger partial charge in [0, 0.05) is 0 Å². The normalized spacial score (nSPS) is 17.5. The van der Waals surface area contributed by atoms with Crippen LogP contribution in [0.5, 0.6) is 0 Å². The Bertz CT molecular complexity index is 513. The molecule has 1 unspecified atom stereocenters. The molecule has 23 heavy (non-hydrogen) atoms. The number of carbonyl (C=O) groups is 2. The molecule has 1 saturated carbocycles. The van der Waals surface area contributed by atoms with Gasteiger partial charge in [-0.3, -0.25) is 4.79 Å². The summed E-state index contributed by atoms with van der Waals surface area (Å²) in [5, 5.41) is 4.69. The number of hydrogen-bond acceptors (Lipinski definition) is 4. The van der Waals surface area contributed by atoms with Crippen molar-refractivity contribution in [3.05, 3.63) is 22.4 Å². The SMILES string of the molecule is CC(C)(C)OC(=O)NC(CC1CCCCC1)C(=O)c1cccs1. The number of rotatable bonds is 5. The molecule has 0 radical (unpaired) electrons. The van der Waals surface area contributed by atoms with Crippen LogP contribution in [-0.2, 0) is 4.74 Å². The van der Waals surface area contributed by atoms with E-state index in [1.807, 2.05) is 38.3 Å². The molecule has 0 bridgehead atoms. The minimum absolute atomic E-state index is 0.00330.